The number of ketones is 1. The van der Waals surface area contributed by atoms with E-state index in [0.717, 1.165) is 24.2 Å². The van der Waals surface area contributed by atoms with Gasteiger partial charge in [0.1, 0.15) is 5.82 Å². The summed E-state index contributed by atoms with van der Waals surface area (Å²) in [6.07, 6.45) is 10.4. The van der Waals surface area contributed by atoms with Gasteiger partial charge in [-0.25, -0.2) is 4.39 Å². The van der Waals surface area contributed by atoms with Crippen molar-refractivity contribution >= 4 is 5.78 Å². The first-order valence-electron chi connectivity index (χ1n) is 7.90. The number of likely N-dealkylation sites (tertiary alicyclic amines) is 1. The molecular formula is C19H19FN2O. The second kappa shape index (κ2) is 7.18. The maximum Gasteiger partial charge on any atom is 0.188 e. The zero-order valence-corrected chi connectivity index (χ0v) is 12.9. The monoisotopic (exact) mass is 310 g/mol. The number of nitrogens with zero attached hydrogens (tertiary/aromatic N) is 2. The van der Waals surface area contributed by atoms with Crippen LogP contribution in [0.3, 0.4) is 0 Å². The Morgan fingerprint density at radius 3 is 2.52 bits per heavy atom. The Bertz CT molecular complexity index is 704. The normalized spacial score (nSPS) is 15.1. The Hall–Kier alpha value is -2.49. The third-order valence-corrected chi connectivity index (χ3v) is 4.03. The van der Waals surface area contributed by atoms with Gasteiger partial charge in [-0.1, -0.05) is 12.1 Å². The fourth-order valence-electron chi connectivity index (χ4n) is 2.71. The number of allylic oxidation sites excluding steroid dienone is 1. The van der Waals surface area contributed by atoms with Crippen LogP contribution in [-0.4, -0.2) is 28.8 Å². The molecule has 0 N–H and O–H groups in total. The Kier molecular flexibility index (Phi) is 4.81. The molecule has 0 bridgehead atoms. The van der Waals surface area contributed by atoms with Crippen LogP contribution < -0.4 is 0 Å². The van der Waals surface area contributed by atoms with E-state index < -0.39 is 0 Å². The van der Waals surface area contributed by atoms with Gasteiger partial charge in [0.15, 0.2) is 5.78 Å². The predicted molar refractivity (Wildman–Crippen MR) is 88.5 cm³/mol. The molecule has 23 heavy (non-hydrogen) atoms. The van der Waals surface area contributed by atoms with Crippen molar-refractivity contribution in [2.75, 3.05) is 13.1 Å². The minimum absolute atomic E-state index is 0.0629. The lowest BCUT2D eigenvalue weighted by molar-refractivity contribution is 0.104. The number of benzene rings is 1. The largest absolute Gasteiger partial charge is 0.377 e. The number of pyridine rings is 1. The summed E-state index contributed by atoms with van der Waals surface area (Å²) in [6, 6.07) is 7.97. The molecule has 2 aromatic rings. The minimum Gasteiger partial charge on any atom is -0.377 e. The lowest BCUT2D eigenvalue weighted by Gasteiger charge is -2.24. The van der Waals surface area contributed by atoms with Crippen molar-refractivity contribution in [1.29, 1.82) is 0 Å². The highest BCUT2D eigenvalue weighted by molar-refractivity contribution is 6.04. The molecule has 0 aliphatic carbocycles. The highest BCUT2D eigenvalue weighted by Gasteiger charge is 2.08. The Labute approximate surface area is 135 Å². The molecule has 1 aliphatic rings. The summed E-state index contributed by atoms with van der Waals surface area (Å²) in [7, 11) is 0. The molecule has 4 heteroatoms. The number of carbonyl (C=O) groups is 1. The van der Waals surface area contributed by atoms with E-state index >= 15 is 0 Å². The lowest BCUT2D eigenvalue weighted by Crippen LogP contribution is -2.24. The van der Waals surface area contributed by atoms with E-state index in [0.29, 0.717) is 5.56 Å². The van der Waals surface area contributed by atoms with Gasteiger partial charge in [0.25, 0.3) is 0 Å². The molecule has 0 radical (unpaired) electrons. The van der Waals surface area contributed by atoms with Gasteiger partial charge in [0.05, 0.1) is 0 Å². The number of rotatable bonds is 4. The first kappa shape index (κ1) is 15.4. The van der Waals surface area contributed by atoms with Crippen LogP contribution >= 0.6 is 0 Å². The van der Waals surface area contributed by atoms with Crippen molar-refractivity contribution in [2.24, 2.45) is 0 Å². The zero-order valence-electron chi connectivity index (χ0n) is 12.9. The SMILES string of the molecule is O=C(C=CN1CCCCC1)c1cncc(-c2ccc(F)cc2)c1. The van der Waals surface area contributed by atoms with Crippen LogP contribution in [0.2, 0.25) is 0 Å². The molecule has 0 spiro atoms. The fraction of sp³-hybridized carbons (Fsp3) is 0.263. The van der Waals surface area contributed by atoms with Gasteiger partial charge in [-0.2, -0.15) is 0 Å². The van der Waals surface area contributed by atoms with Crippen molar-refractivity contribution in [3.63, 3.8) is 0 Å². The maximum absolute atomic E-state index is 13.0. The van der Waals surface area contributed by atoms with Crippen LogP contribution in [0.25, 0.3) is 11.1 Å². The van der Waals surface area contributed by atoms with Crippen molar-refractivity contribution < 1.29 is 9.18 Å². The number of halogens is 1. The van der Waals surface area contributed by atoms with Crippen LogP contribution in [0.5, 0.6) is 0 Å². The fourth-order valence-corrected chi connectivity index (χ4v) is 2.71. The quantitative estimate of drug-likeness (QED) is 0.630. The van der Waals surface area contributed by atoms with E-state index in [2.05, 4.69) is 9.88 Å². The molecular weight excluding hydrogens is 291 g/mol. The maximum atomic E-state index is 13.0. The molecule has 118 valence electrons. The summed E-state index contributed by atoms with van der Waals surface area (Å²) < 4.78 is 13.0. The smallest absolute Gasteiger partial charge is 0.188 e. The van der Waals surface area contributed by atoms with E-state index in [1.807, 2.05) is 6.20 Å². The topological polar surface area (TPSA) is 33.2 Å². The molecule has 1 fully saturated rings. The lowest BCUT2D eigenvalue weighted by atomic mass is 10.0. The van der Waals surface area contributed by atoms with Crippen LogP contribution in [0, 0.1) is 5.82 Å². The first-order chi connectivity index (χ1) is 11.2. The molecule has 0 unspecified atom stereocenters. The van der Waals surface area contributed by atoms with Gasteiger partial charge in [0.2, 0.25) is 0 Å². The zero-order chi connectivity index (χ0) is 16.1. The van der Waals surface area contributed by atoms with E-state index in [4.69, 9.17) is 0 Å². The number of piperidine rings is 1. The summed E-state index contributed by atoms with van der Waals surface area (Å²) >= 11 is 0. The molecule has 3 nitrogen and oxygen atoms in total. The highest BCUT2D eigenvalue weighted by atomic mass is 19.1. The van der Waals surface area contributed by atoms with Gasteiger partial charge in [0, 0.05) is 48.9 Å². The Morgan fingerprint density at radius 1 is 1.04 bits per heavy atom. The second-order valence-electron chi connectivity index (χ2n) is 5.75. The van der Waals surface area contributed by atoms with Crippen LogP contribution in [-0.2, 0) is 0 Å². The summed E-state index contributed by atoms with van der Waals surface area (Å²) in [6.45, 7) is 2.02. The first-order valence-corrected chi connectivity index (χ1v) is 7.90. The van der Waals surface area contributed by atoms with Gasteiger partial charge < -0.3 is 4.90 Å². The summed E-state index contributed by atoms with van der Waals surface area (Å²) in [5.41, 5.74) is 2.19. The molecule has 1 aliphatic heterocycles. The predicted octanol–water partition coefficient (Wildman–Crippen LogP) is 4.07. The minimum atomic E-state index is -0.279. The van der Waals surface area contributed by atoms with E-state index in [9.17, 15) is 9.18 Å². The number of hydrogen-bond acceptors (Lipinski definition) is 3. The van der Waals surface area contributed by atoms with Crippen molar-refractivity contribution in [3.8, 4) is 11.1 Å². The standard InChI is InChI=1S/C19H19FN2O/c20-18-6-4-15(5-7-18)16-12-17(14-21-13-16)19(23)8-11-22-9-2-1-3-10-22/h4-8,11-14H,1-3,9-10H2. The molecule has 0 saturated carbocycles. The third-order valence-electron chi connectivity index (χ3n) is 4.03. The van der Waals surface area contributed by atoms with E-state index in [1.54, 1.807) is 36.7 Å². The number of carbonyl (C=O) groups excluding carboxylic acids is 1. The van der Waals surface area contributed by atoms with E-state index in [1.165, 1.54) is 31.4 Å². The molecule has 1 aromatic heterocycles. The molecule has 2 heterocycles. The summed E-state index contributed by atoms with van der Waals surface area (Å²) in [5.74, 6) is -0.342. The molecule has 0 amide bonds. The third kappa shape index (κ3) is 4.03. The Morgan fingerprint density at radius 2 is 1.78 bits per heavy atom. The van der Waals surface area contributed by atoms with Crippen molar-refractivity contribution in [3.05, 3.63) is 66.4 Å². The van der Waals surface area contributed by atoms with Gasteiger partial charge >= 0.3 is 0 Å². The molecule has 1 saturated heterocycles. The van der Waals surface area contributed by atoms with Crippen LogP contribution in [0.15, 0.2) is 55.0 Å². The average Bonchev–Trinajstić information content (AvgIpc) is 2.61. The number of hydrogen-bond donors (Lipinski definition) is 0. The second-order valence-corrected chi connectivity index (χ2v) is 5.75. The van der Waals surface area contributed by atoms with Gasteiger partial charge in [-0.05, 0) is 43.0 Å². The Balaban J connectivity index is 1.74. The van der Waals surface area contributed by atoms with Gasteiger partial charge in [-0.15, -0.1) is 0 Å². The molecule has 0 atom stereocenters. The van der Waals surface area contributed by atoms with Gasteiger partial charge in [-0.3, -0.25) is 9.78 Å². The highest BCUT2D eigenvalue weighted by Crippen LogP contribution is 2.20. The number of aromatic nitrogens is 1. The molecule has 1 aromatic carbocycles. The van der Waals surface area contributed by atoms with Crippen molar-refractivity contribution in [2.45, 2.75) is 19.3 Å². The summed E-state index contributed by atoms with van der Waals surface area (Å²) in [5, 5.41) is 0. The summed E-state index contributed by atoms with van der Waals surface area (Å²) in [4.78, 5) is 18.6. The van der Waals surface area contributed by atoms with Crippen LogP contribution in [0.1, 0.15) is 29.6 Å². The van der Waals surface area contributed by atoms with Crippen LogP contribution in [0.4, 0.5) is 4.39 Å². The average molecular weight is 310 g/mol. The van der Waals surface area contributed by atoms with E-state index in [-0.39, 0.29) is 11.6 Å². The molecule has 3 rings (SSSR count). The van der Waals surface area contributed by atoms with Crippen molar-refractivity contribution in [1.82, 2.24) is 9.88 Å².